The molecule has 0 atom stereocenters. The Kier molecular flexibility index (Phi) is 7.05. The van der Waals surface area contributed by atoms with Crippen molar-refractivity contribution in [1.82, 2.24) is 0 Å². The summed E-state index contributed by atoms with van der Waals surface area (Å²) in [5.41, 5.74) is 2.67. The number of benzene rings is 3. The van der Waals surface area contributed by atoms with Crippen LogP contribution in [0, 0.1) is 6.92 Å². The Labute approximate surface area is 216 Å². The number of aliphatic imine (C=N–C) groups is 1. The summed E-state index contributed by atoms with van der Waals surface area (Å²) in [7, 11) is 0. The maximum atomic E-state index is 12.5. The van der Waals surface area contributed by atoms with E-state index in [9.17, 15) is 9.59 Å². The van der Waals surface area contributed by atoms with E-state index in [2.05, 4.69) is 36.9 Å². The Bertz CT molecular complexity index is 1350. The van der Waals surface area contributed by atoms with E-state index in [1.807, 2.05) is 13.0 Å². The summed E-state index contributed by atoms with van der Waals surface area (Å²) >= 11 is 18.8. The van der Waals surface area contributed by atoms with Crippen LogP contribution in [-0.2, 0) is 9.53 Å². The lowest BCUT2D eigenvalue weighted by atomic mass is 10.1. The summed E-state index contributed by atoms with van der Waals surface area (Å²) in [6, 6.07) is 15.4. The van der Waals surface area contributed by atoms with Crippen LogP contribution < -0.4 is 4.74 Å². The SMILES string of the molecule is Cc1cccc(C(=O)Oc2c(Br)cc(/C=C3\N=C(c4ccc(Cl)c(Cl)c4)OC3=O)cc2Br)c1. The van der Waals surface area contributed by atoms with Gasteiger partial charge in [0.15, 0.2) is 11.4 Å². The smallest absolute Gasteiger partial charge is 0.363 e. The van der Waals surface area contributed by atoms with Gasteiger partial charge < -0.3 is 9.47 Å². The molecule has 166 valence electrons. The molecular formula is C24H13Br2Cl2NO4. The van der Waals surface area contributed by atoms with Crippen LogP contribution >= 0.6 is 55.1 Å². The first-order valence-corrected chi connectivity index (χ1v) is 11.8. The molecule has 1 heterocycles. The van der Waals surface area contributed by atoms with Gasteiger partial charge in [-0.2, -0.15) is 0 Å². The summed E-state index contributed by atoms with van der Waals surface area (Å²) in [5, 5.41) is 0.716. The number of ether oxygens (including phenoxy) is 2. The van der Waals surface area contributed by atoms with E-state index in [-0.39, 0.29) is 11.6 Å². The minimum absolute atomic E-state index is 0.111. The molecule has 1 aliphatic rings. The number of carbonyl (C=O) groups is 2. The number of carbonyl (C=O) groups excluding carboxylic acids is 2. The molecular weight excluding hydrogens is 597 g/mol. The Morgan fingerprint density at radius 2 is 1.76 bits per heavy atom. The van der Waals surface area contributed by atoms with E-state index in [4.69, 9.17) is 32.7 Å². The number of halogens is 4. The fraction of sp³-hybridized carbons (Fsp3) is 0.0417. The molecule has 0 amide bonds. The fourth-order valence-electron chi connectivity index (χ4n) is 3.00. The number of hydrogen-bond donors (Lipinski definition) is 0. The van der Waals surface area contributed by atoms with Gasteiger partial charge in [-0.05, 0) is 92.9 Å². The van der Waals surface area contributed by atoms with Gasteiger partial charge in [0.25, 0.3) is 0 Å². The van der Waals surface area contributed by atoms with Crippen molar-refractivity contribution in [3.8, 4) is 5.75 Å². The van der Waals surface area contributed by atoms with Crippen LogP contribution in [0.5, 0.6) is 5.75 Å². The summed E-state index contributed by atoms with van der Waals surface area (Å²) < 4.78 is 11.9. The van der Waals surface area contributed by atoms with Crippen molar-refractivity contribution < 1.29 is 19.1 Å². The third kappa shape index (κ3) is 5.38. The molecule has 4 rings (SSSR count). The number of aryl methyl sites for hydroxylation is 1. The molecule has 0 saturated carbocycles. The largest absolute Gasteiger partial charge is 0.421 e. The first-order chi connectivity index (χ1) is 15.7. The first kappa shape index (κ1) is 23.7. The third-order valence-corrected chi connectivity index (χ3v) is 6.48. The fourth-order valence-corrected chi connectivity index (χ4v) is 4.69. The molecule has 9 heteroatoms. The molecule has 0 unspecified atom stereocenters. The van der Waals surface area contributed by atoms with Crippen LogP contribution in [0.4, 0.5) is 0 Å². The molecule has 5 nitrogen and oxygen atoms in total. The molecule has 1 aliphatic heterocycles. The lowest BCUT2D eigenvalue weighted by molar-refractivity contribution is -0.129. The second-order valence-corrected chi connectivity index (χ2v) is 9.56. The summed E-state index contributed by atoms with van der Waals surface area (Å²) in [6.07, 6.45) is 1.56. The van der Waals surface area contributed by atoms with Crippen LogP contribution in [-0.4, -0.2) is 17.8 Å². The normalized spacial score (nSPS) is 14.3. The van der Waals surface area contributed by atoms with E-state index in [0.29, 0.717) is 41.4 Å². The molecule has 0 spiro atoms. The van der Waals surface area contributed by atoms with E-state index >= 15 is 0 Å². The molecule has 3 aromatic rings. The van der Waals surface area contributed by atoms with Gasteiger partial charge in [-0.1, -0.05) is 40.9 Å². The molecule has 0 N–H and O–H groups in total. The Hall–Kier alpha value is -2.45. The van der Waals surface area contributed by atoms with Gasteiger partial charge in [0, 0.05) is 5.56 Å². The summed E-state index contributed by atoms with van der Waals surface area (Å²) in [6.45, 7) is 1.90. The predicted molar refractivity (Wildman–Crippen MR) is 135 cm³/mol. The number of cyclic esters (lactones) is 1. The second-order valence-electron chi connectivity index (χ2n) is 7.04. The maximum absolute atomic E-state index is 12.5. The predicted octanol–water partition coefficient (Wildman–Crippen LogP) is 7.39. The average Bonchev–Trinajstić information content (AvgIpc) is 3.12. The van der Waals surface area contributed by atoms with Crippen LogP contribution in [0.15, 0.2) is 74.2 Å². The van der Waals surface area contributed by atoms with Crippen molar-refractivity contribution in [3.05, 3.63) is 102 Å². The topological polar surface area (TPSA) is 65.0 Å². The number of hydrogen-bond acceptors (Lipinski definition) is 5. The van der Waals surface area contributed by atoms with Crippen LogP contribution in [0.2, 0.25) is 10.0 Å². The van der Waals surface area contributed by atoms with Gasteiger partial charge >= 0.3 is 11.9 Å². The Balaban J connectivity index is 1.60. The highest BCUT2D eigenvalue weighted by atomic mass is 79.9. The van der Waals surface area contributed by atoms with Crippen molar-refractivity contribution in [2.24, 2.45) is 4.99 Å². The average molecular weight is 610 g/mol. The molecule has 0 saturated heterocycles. The molecule has 3 aromatic carbocycles. The molecule has 0 fully saturated rings. The molecule has 0 aliphatic carbocycles. The second kappa shape index (κ2) is 9.81. The quantitative estimate of drug-likeness (QED) is 0.176. The van der Waals surface area contributed by atoms with E-state index in [1.165, 1.54) is 0 Å². The zero-order valence-electron chi connectivity index (χ0n) is 16.9. The lowest BCUT2D eigenvalue weighted by Crippen LogP contribution is -2.09. The minimum Gasteiger partial charge on any atom is -0.421 e. The van der Waals surface area contributed by atoms with Crippen LogP contribution in [0.25, 0.3) is 6.08 Å². The highest BCUT2D eigenvalue weighted by molar-refractivity contribution is 9.11. The van der Waals surface area contributed by atoms with Crippen molar-refractivity contribution in [1.29, 1.82) is 0 Å². The van der Waals surface area contributed by atoms with Gasteiger partial charge in [-0.15, -0.1) is 0 Å². The number of rotatable bonds is 4. The van der Waals surface area contributed by atoms with Gasteiger partial charge in [0.1, 0.15) is 0 Å². The Morgan fingerprint density at radius 3 is 2.42 bits per heavy atom. The number of esters is 2. The van der Waals surface area contributed by atoms with E-state index in [1.54, 1.807) is 54.6 Å². The van der Waals surface area contributed by atoms with Crippen LogP contribution in [0.1, 0.15) is 27.0 Å². The standard InChI is InChI=1S/C24H13Br2Cl2NO4/c1-12-3-2-4-15(7-12)23(30)32-21-16(25)8-13(9-17(21)26)10-20-24(31)33-22(29-20)14-5-6-18(27)19(28)11-14/h2-11H,1H3/b20-10-. The highest BCUT2D eigenvalue weighted by Crippen LogP contribution is 2.36. The lowest BCUT2D eigenvalue weighted by Gasteiger charge is -2.10. The van der Waals surface area contributed by atoms with Crippen molar-refractivity contribution in [2.75, 3.05) is 0 Å². The van der Waals surface area contributed by atoms with Crippen molar-refractivity contribution in [3.63, 3.8) is 0 Å². The van der Waals surface area contributed by atoms with Crippen LogP contribution in [0.3, 0.4) is 0 Å². The Morgan fingerprint density at radius 1 is 1.03 bits per heavy atom. The molecule has 0 aromatic heterocycles. The molecule has 33 heavy (non-hydrogen) atoms. The zero-order chi connectivity index (χ0) is 23.7. The van der Waals surface area contributed by atoms with E-state index < -0.39 is 11.9 Å². The monoisotopic (exact) mass is 607 g/mol. The van der Waals surface area contributed by atoms with Gasteiger partial charge in [0.05, 0.1) is 24.6 Å². The minimum atomic E-state index is -0.599. The summed E-state index contributed by atoms with van der Waals surface area (Å²) in [4.78, 5) is 29.1. The van der Waals surface area contributed by atoms with Gasteiger partial charge in [0.2, 0.25) is 5.90 Å². The molecule has 0 bridgehead atoms. The summed E-state index contributed by atoms with van der Waals surface area (Å²) in [5.74, 6) is -0.635. The maximum Gasteiger partial charge on any atom is 0.363 e. The van der Waals surface area contributed by atoms with Crippen molar-refractivity contribution >= 4 is 79.0 Å². The van der Waals surface area contributed by atoms with Gasteiger partial charge in [-0.25, -0.2) is 14.6 Å². The van der Waals surface area contributed by atoms with E-state index in [0.717, 1.165) is 5.56 Å². The number of nitrogens with zero attached hydrogens (tertiary/aromatic N) is 1. The van der Waals surface area contributed by atoms with Gasteiger partial charge in [-0.3, -0.25) is 0 Å². The third-order valence-electron chi connectivity index (χ3n) is 4.56. The molecule has 0 radical (unpaired) electrons. The first-order valence-electron chi connectivity index (χ1n) is 9.47. The zero-order valence-corrected chi connectivity index (χ0v) is 21.5. The van der Waals surface area contributed by atoms with Crippen molar-refractivity contribution in [2.45, 2.75) is 6.92 Å². The highest BCUT2D eigenvalue weighted by Gasteiger charge is 2.25.